The Morgan fingerprint density at radius 2 is 1.91 bits per heavy atom. The van der Waals surface area contributed by atoms with Crippen LogP contribution in [0.4, 0.5) is 0 Å². The molecule has 32 heavy (non-hydrogen) atoms. The molecule has 1 N–H and O–H groups in total. The fourth-order valence-electron chi connectivity index (χ4n) is 3.42. The van der Waals surface area contributed by atoms with Crippen LogP contribution in [0, 0.1) is 0 Å². The molecular formula is C23H24N6O2S. The van der Waals surface area contributed by atoms with Gasteiger partial charge in [0.25, 0.3) is 0 Å². The Morgan fingerprint density at radius 3 is 2.66 bits per heavy atom. The number of para-hydroxylation sites is 1. The van der Waals surface area contributed by atoms with E-state index < -0.39 is 0 Å². The largest absolute Gasteiger partial charge is 0.341 e. The van der Waals surface area contributed by atoms with Gasteiger partial charge in [0, 0.05) is 30.6 Å². The molecule has 0 fully saturated rings. The average Bonchev–Trinajstić information content (AvgIpc) is 3.26. The minimum atomic E-state index is -0.184. The molecule has 0 saturated heterocycles. The molecule has 0 aliphatic rings. The number of benzene rings is 2. The lowest BCUT2D eigenvalue weighted by Crippen LogP contribution is -2.28. The highest BCUT2D eigenvalue weighted by Crippen LogP contribution is 2.22. The summed E-state index contributed by atoms with van der Waals surface area (Å²) in [5, 5.41) is 13.4. The predicted molar refractivity (Wildman–Crippen MR) is 125 cm³/mol. The topological polar surface area (TPSA) is 96.8 Å². The van der Waals surface area contributed by atoms with Crippen molar-refractivity contribution in [2.45, 2.75) is 31.5 Å². The number of amides is 1. The molecule has 164 valence electrons. The number of carbonyl (C=O) groups excluding carboxylic acids is 1. The minimum absolute atomic E-state index is 0.0796. The summed E-state index contributed by atoms with van der Waals surface area (Å²) in [5.74, 6) is 0.545. The molecule has 0 unspecified atom stereocenters. The molecule has 8 nitrogen and oxygen atoms in total. The summed E-state index contributed by atoms with van der Waals surface area (Å²) in [6.45, 7) is 4.62. The molecule has 0 atom stereocenters. The number of rotatable bonds is 7. The van der Waals surface area contributed by atoms with Gasteiger partial charge in [-0.2, -0.15) is 4.68 Å². The van der Waals surface area contributed by atoms with E-state index >= 15 is 0 Å². The number of hydrogen-bond acceptors (Lipinski definition) is 6. The van der Waals surface area contributed by atoms with E-state index in [2.05, 4.69) is 46.5 Å². The monoisotopic (exact) mass is 448 g/mol. The summed E-state index contributed by atoms with van der Waals surface area (Å²) in [6.07, 6.45) is 0. The number of tetrazole rings is 1. The molecule has 4 aromatic rings. The highest BCUT2D eigenvalue weighted by molar-refractivity contribution is 7.99. The third kappa shape index (κ3) is 4.72. The zero-order valence-electron chi connectivity index (χ0n) is 18.1. The molecule has 2 aromatic heterocycles. The molecular weight excluding hydrogens is 424 g/mol. The van der Waals surface area contributed by atoms with Gasteiger partial charge < -0.3 is 9.88 Å². The summed E-state index contributed by atoms with van der Waals surface area (Å²) < 4.78 is 1.63. The molecule has 2 heterocycles. The Hall–Kier alpha value is -3.46. The molecule has 9 heteroatoms. The number of hydrogen-bond donors (Lipinski definition) is 1. The van der Waals surface area contributed by atoms with E-state index in [1.807, 2.05) is 36.4 Å². The normalized spacial score (nSPS) is 11.2. The van der Waals surface area contributed by atoms with Crippen LogP contribution in [0.25, 0.3) is 16.6 Å². The van der Waals surface area contributed by atoms with Crippen LogP contribution >= 0.6 is 11.8 Å². The maximum absolute atomic E-state index is 12.8. The zero-order chi connectivity index (χ0) is 22.7. The smallest absolute Gasteiger partial charge is 0.248 e. The van der Waals surface area contributed by atoms with Crippen LogP contribution in [0.1, 0.15) is 30.9 Å². The number of pyridine rings is 1. The van der Waals surface area contributed by atoms with Gasteiger partial charge in [0.05, 0.1) is 11.4 Å². The molecule has 0 radical (unpaired) electrons. The van der Waals surface area contributed by atoms with Crippen molar-refractivity contribution < 1.29 is 4.79 Å². The van der Waals surface area contributed by atoms with E-state index in [4.69, 9.17) is 0 Å². The van der Waals surface area contributed by atoms with Gasteiger partial charge in [0.15, 0.2) is 0 Å². The van der Waals surface area contributed by atoms with Crippen molar-refractivity contribution in [1.29, 1.82) is 0 Å². The number of fused-ring (bicyclic) bond motifs is 1. The summed E-state index contributed by atoms with van der Waals surface area (Å²) >= 11 is 1.28. The van der Waals surface area contributed by atoms with Crippen molar-refractivity contribution in [3.8, 4) is 5.69 Å². The number of nitrogens with one attached hydrogen (secondary N) is 1. The van der Waals surface area contributed by atoms with Crippen molar-refractivity contribution in [2.75, 3.05) is 12.8 Å². The quantitative estimate of drug-likeness (QED) is 0.436. The van der Waals surface area contributed by atoms with Crippen LogP contribution in [0.5, 0.6) is 0 Å². The second-order valence-corrected chi connectivity index (χ2v) is 8.80. The number of carbonyl (C=O) groups is 1. The van der Waals surface area contributed by atoms with Gasteiger partial charge in [-0.3, -0.25) is 9.59 Å². The fourth-order valence-corrected chi connectivity index (χ4v) is 4.25. The van der Waals surface area contributed by atoms with Crippen LogP contribution in [0.3, 0.4) is 0 Å². The fraction of sp³-hybridized carbons (Fsp3) is 0.261. The van der Waals surface area contributed by atoms with E-state index in [1.54, 1.807) is 22.7 Å². The SMILES string of the molecule is CC(C)c1ccc(-n2nnnc2SCC(=O)N(C)Cc2cc(=O)[nH]c3ccccc23)cc1. The Kier molecular flexibility index (Phi) is 6.36. The number of aromatic nitrogens is 5. The van der Waals surface area contributed by atoms with Gasteiger partial charge in [0.2, 0.25) is 16.6 Å². The summed E-state index contributed by atoms with van der Waals surface area (Å²) in [5.41, 5.74) is 3.46. The molecule has 4 rings (SSSR count). The molecule has 0 saturated carbocycles. The maximum Gasteiger partial charge on any atom is 0.248 e. The van der Waals surface area contributed by atoms with Gasteiger partial charge in [0.1, 0.15) is 0 Å². The van der Waals surface area contributed by atoms with Crippen LogP contribution < -0.4 is 5.56 Å². The van der Waals surface area contributed by atoms with Crippen LogP contribution in [0.2, 0.25) is 0 Å². The first-order valence-corrected chi connectivity index (χ1v) is 11.3. The predicted octanol–water partition coefficient (Wildman–Crippen LogP) is 3.38. The average molecular weight is 449 g/mol. The standard InChI is InChI=1S/C23H24N6O2S/c1-15(2)16-8-10-18(11-9-16)29-23(25-26-27-29)32-14-22(31)28(3)13-17-12-21(30)24-20-7-5-4-6-19(17)20/h4-12,15H,13-14H2,1-3H3,(H,24,30). The van der Waals surface area contributed by atoms with E-state index in [9.17, 15) is 9.59 Å². The highest BCUT2D eigenvalue weighted by Gasteiger charge is 2.16. The third-order valence-electron chi connectivity index (χ3n) is 5.24. The summed E-state index contributed by atoms with van der Waals surface area (Å²) in [4.78, 5) is 29.2. The van der Waals surface area contributed by atoms with Crippen molar-refractivity contribution in [1.82, 2.24) is 30.1 Å². The highest BCUT2D eigenvalue weighted by atomic mass is 32.2. The molecule has 0 bridgehead atoms. The minimum Gasteiger partial charge on any atom is -0.341 e. The van der Waals surface area contributed by atoms with Crippen molar-refractivity contribution in [3.05, 3.63) is 76.1 Å². The van der Waals surface area contributed by atoms with Crippen LogP contribution in [0.15, 0.2) is 64.5 Å². The summed E-state index contributed by atoms with van der Waals surface area (Å²) in [6, 6.07) is 17.2. The van der Waals surface area contributed by atoms with Gasteiger partial charge in [-0.15, -0.1) is 5.10 Å². The maximum atomic E-state index is 12.8. The van der Waals surface area contributed by atoms with Gasteiger partial charge in [-0.05, 0) is 45.7 Å². The van der Waals surface area contributed by atoms with Gasteiger partial charge in [-0.1, -0.05) is 55.9 Å². The van der Waals surface area contributed by atoms with Gasteiger partial charge >= 0.3 is 0 Å². The van der Waals surface area contributed by atoms with Crippen LogP contribution in [-0.2, 0) is 11.3 Å². The Balaban J connectivity index is 1.44. The first-order valence-electron chi connectivity index (χ1n) is 10.3. The number of aromatic amines is 1. The third-order valence-corrected chi connectivity index (χ3v) is 6.14. The van der Waals surface area contributed by atoms with E-state index in [-0.39, 0.29) is 17.2 Å². The molecule has 0 aliphatic carbocycles. The van der Waals surface area contributed by atoms with Crippen LogP contribution in [-0.4, -0.2) is 48.8 Å². The lowest BCUT2D eigenvalue weighted by Gasteiger charge is -2.18. The van der Waals surface area contributed by atoms with Crippen molar-refractivity contribution in [2.24, 2.45) is 0 Å². The first-order chi connectivity index (χ1) is 15.4. The molecule has 2 aromatic carbocycles. The van der Waals surface area contributed by atoms with E-state index in [0.717, 1.165) is 22.2 Å². The lowest BCUT2D eigenvalue weighted by atomic mass is 10.0. The number of thioether (sulfide) groups is 1. The van der Waals surface area contributed by atoms with Gasteiger partial charge in [-0.25, -0.2) is 0 Å². The zero-order valence-corrected chi connectivity index (χ0v) is 19.0. The Morgan fingerprint density at radius 1 is 1.16 bits per heavy atom. The number of nitrogens with zero attached hydrogens (tertiary/aromatic N) is 5. The van der Waals surface area contributed by atoms with E-state index in [0.29, 0.717) is 17.6 Å². The second-order valence-electron chi connectivity index (χ2n) is 7.86. The van der Waals surface area contributed by atoms with E-state index in [1.165, 1.54) is 17.3 Å². The Labute approximate surface area is 189 Å². The first kappa shape index (κ1) is 21.8. The number of H-pyrrole nitrogens is 1. The van der Waals surface area contributed by atoms with Crippen molar-refractivity contribution >= 4 is 28.6 Å². The lowest BCUT2D eigenvalue weighted by molar-refractivity contribution is -0.127. The molecule has 0 aliphatic heterocycles. The van der Waals surface area contributed by atoms with Crippen molar-refractivity contribution in [3.63, 3.8) is 0 Å². The summed E-state index contributed by atoms with van der Waals surface area (Å²) in [7, 11) is 1.73. The molecule has 1 amide bonds. The molecule has 0 spiro atoms. The Bertz CT molecular complexity index is 1300. The second kappa shape index (κ2) is 9.35.